The number of ether oxygens (including phenoxy) is 3. The highest BCUT2D eigenvalue weighted by molar-refractivity contribution is 7.07. The molecule has 0 aliphatic rings. The Kier molecular flexibility index (Phi) is 5.47. The van der Waals surface area contributed by atoms with Crippen LogP contribution in [0.1, 0.15) is 18.1 Å². The molecule has 0 bridgehead atoms. The average Bonchev–Trinajstić information content (AvgIpc) is 2.97. The lowest BCUT2D eigenvalue weighted by Gasteiger charge is -2.16. The number of nitrogens with two attached hydrogens (primary N) is 1. The summed E-state index contributed by atoms with van der Waals surface area (Å²) in [6, 6.07) is 6.02. The van der Waals surface area contributed by atoms with Gasteiger partial charge in [-0.25, -0.2) is 0 Å². The van der Waals surface area contributed by atoms with Crippen molar-refractivity contribution in [2.75, 3.05) is 14.2 Å². The Hall–Kier alpha value is -1.72. The Morgan fingerprint density at radius 2 is 1.81 bits per heavy atom. The average molecular weight is 307 g/mol. The molecule has 1 heterocycles. The molecule has 0 spiro atoms. The van der Waals surface area contributed by atoms with Gasteiger partial charge in [-0.1, -0.05) is 0 Å². The lowest BCUT2D eigenvalue weighted by molar-refractivity contribution is 0.266. The Morgan fingerprint density at radius 1 is 1.14 bits per heavy atom. The van der Waals surface area contributed by atoms with Crippen LogP contribution in [-0.2, 0) is 13.0 Å². The normalized spacial score (nSPS) is 12.0. The van der Waals surface area contributed by atoms with Crippen molar-refractivity contribution in [2.45, 2.75) is 26.0 Å². The largest absolute Gasteiger partial charge is 0.493 e. The van der Waals surface area contributed by atoms with Crippen molar-refractivity contribution in [1.29, 1.82) is 0 Å². The van der Waals surface area contributed by atoms with Crippen LogP contribution in [0, 0.1) is 0 Å². The zero-order chi connectivity index (χ0) is 15.2. The number of benzene rings is 1. The number of thiophene rings is 1. The zero-order valence-electron chi connectivity index (χ0n) is 12.6. The smallest absolute Gasteiger partial charge is 0.203 e. The third-order valence-electron chi connectivity index (χ3n) is 3.04. The summed E-state index contributed by atoms with van der Waals surface area (Å²) in [5.41, 5.74) is 8.06. The molecule has 2 rings (SSSR count). The van der Waals surface area contributed by atoms with E-state index in [0.29, 0.717) is 23.9 Å². The molecule has 1 unspecified atom stereocenters. The van der Waals surface area contributed by atoms with Gasteiger partial charge in [0.15, 0.2) is 11.5 Å². The van der Waals surface area contributed by atoms with Gasteiger partial charge < -0.3 is 19.9 Å². The molecular formula is C16H21NO3S. The molecule has 1 aromatic heterocycles. The number of hydrogen-bond donors (Lipinski definition) is 1. The highest BCUT2D eigenvalue weighted by Gasteiger charge is 2.15. The third kappa shape index (κ3) is 4.12. The Bertz CT molecular complexity index is 542. The fourth-order valence-corrected chi connectivity index (χ4v) is 2.75. The SMILES string of the molecule is COc1cc(CC(C)N)cc(OC)c1OCc1ccsc1. The van der Waals surface area contributed by atoms with Crippen LogP contribution in [0.5, 0.6) is 17.2 Å². The molecule has 0 aliphatic heterocycles. The monoisotopic (exact) mass is 307 g/mol. The van der Waals surface area contributed by atoms with Gasteiger partial charge in [0.2, 0.25) is 5.75 Å². The molecular weight excluding hydrogens is 286 g/mol. The van der Waals surface area contributed by atoms with E-state index in [2.05, 4.69) is 5.38 Å². The fourth-order valence-electron chi connectivity index (χ4n) is 2.10. The molecule has 0 saturated heterocycles. The van der Waals surface area contributed by atoms with Crippen molar-refractivity contribution in [3.63, 3.8) is 0 Å². The van der Waals surface area contributed by atoms with Crippen LogP contribution in [0.15, 0.2) is 29.0 Å². The molecule has 21 heavy (non-hydrogen) atoms. The number of methoxy groups -OCH3 is 2. The van der Waals surface area contributed by atoms with E-state index in [1.807, 2.05) is 30.5 Å². The van der Waals surface area contributed by atoms with E-state index in [0.717, 1.165) is 17.5 Å². The van der Waals surface area contributed by atoms with Gasteiger partial charge in [-0.05, 0) is 53.4 Å². The topological polar surface area (TPSA) is 53.7 Å². The summed E-state index contributed by atoms with van der Waals surface area (Å²) >= 11 is 1.65. The zero-order valence-corrected chi connectivity index (χ0v) is 13.4. The first-order valence-corrected chi connectivity index (χ1v) is 7.72. The molecule has 1 atom stereocenters. The lowest BCUT2D eigenvalue weighted by Crippen LogP contribution is -2.17. The first kappa shape index (κ1) is 15.7. The second-order valence-corrected chi connectivity index (χ2v) is 5.71. The maximum atomic E-state index is 5.88. The molecule has 4 nitrogen and oxygen atoms in total. The highest BCUT2D eigenvalue weighted by atomic mass is 32.1. The van der Waals surface area contributed by atoms with Gasteiger partial charge in [0, 0.05) is 6.04 Å². The van der Waals surface area contributed by atoms with Crippen molar-refractivity contribution in [3.8, 4) is 17.2 Å². The molecule has 1 aromatic carbocycles. The summed E-state index contributed by atoms with van der Waals surface area (Å²) in [4.78, 5) is 0. The Morgan fingerprint density at radius 3 is 2.29 bits per heavy atom. The lowest BCUT2D eigenvalue weighted by atomic mass is 10.1. The fraction of sp³-hybridized carbons (Fsp3) is 0.375. The summed E-state index contributed by atoms with van der Waals surface area (Å²) < 4.78 is 16.8. The maximum Gasteiger partial charge on any atom is 0.203 e. The van der Waals surface area contributed by atoms with E-state index in [1.54, 1.807) is 25.6 Å². The van der Waals surface area contributed by atoms with Crippen LogP contribution in [0.2, 0.25) is 0 Å². The Labute approximate surface area is 129 Å². The van der Waals surface area contributed by atoms with Crippen LogP contribution in [0.3, 0.4) is 0 Å². The van der Waals surface area contributed by atoms with Crippen LogP contribution in [0.25, 0.3) is 0 Å². The molecule has 2 N–H and O–H groups in total. The van der Waals surface area contributed by atoms with Crippen LogP contribution in [0.4, 0.5) is 0 Å². The predicted octanol–water partition coefficient (Wildman–Crippen LogP) is 3.23. The summed E-state index contributed by atoms with van der Waals surface area (Å²) in [6.45, 7) is 2.46. The summed E-state index contributed by atoms with van der Waals surface area (Å²) in [5.74, 6) is 1.96. The van der Waals surface area contributed by atoms with Crippen molar-refractivity contribution >= 4 is 11.3 Å². The van der Waals surface area contributed by atoms with Gasteiger partial charge in [0.1, 0.15) is 6.61 Å². The quantitative estimate of drug-likeness (QED) is 0.853. The number of hydrogen-bond acceptors (Lipinski definition) is 5. The van der Waals surface area contributed by atoms with Crippen molar-refractivity contribution in [2.24, 2.45) is 5.73 Å². The minimum Gasteiger partial charge on any atom is -0.493 e. The number of rotatable bonds is 7. The second-order valence-electron chi connectivity index (χ2n) is 4.93. The predicted molar refractivity (Wildman–Crippen MR) is 85.6 cm³/mol. The van der Waals surface area contributed by atoms with E-state index in [4.69, 9.17) is 19.9 Å². The minimum absolute atomic E-state index is 0.0805. The van der Waals surface area contributed by atoms with E-state index in [9.17, 15) is 0 Å². The first-order valence-electron chi connectivity index (χ1n) is 6.78. The van der Waals surface area contributed by atoms with Crippen molar-refractivity contribution in [3.05, 3.63) is 40.1 Å². The van der Waals surface area contributed by atoms with E-state index >= 15 is 0 Å². The van der Waals surface area contributed by atoms with Crippen molar-refractivity contribution < 1.29 is 14.2 Å². The van der Waals surface area contributed by atoms with Crippen LogP contribution in [-0.4, -0.2) is 20.3 Å². The third-order valence-corrected chi connectivity index (χ3v) is 3.77. The first-order chi connectivity index (χ1) is 10.1. The molecule has 0 radical (unpaired) electrons. The molecule has 0 saturated carbocycles. The summed E-state index contributed by atoms with van der Waals surface area (Å²) in [7, 11) is 3.25. The standard InChI is InChI=1S/C16H21NO3S/c1-11(17)6-13-7-14(18-2)16(15(8-13)19-3)20-9-12-4-5-21-10-12/h4-5,7-8,10-11H,6,9,17H2,1-3H3. The molecule has 0 amide bonds. The van der Waals surface area contributed by atoms with E-state index in [1.165, 1.54) is 0 Å². The molecule has 0 aliphatic carbocycles. The van der Waals surface area contributed by atoms with Gasteiger partial charge >= 0.3 is 0 Å². The second kappa shape index (κ2) is 7.33. The van der Waals surface area contributed by atoms with Gasteiger partial charge in [-0.3, -0.25) is 0 Å². The van der Waals surface area contributed by atoms with Crippen LogP contribution < -0.4 is 19.9 Å². The maximum absolute atomic E-state index is 5.88. The Balaban J connectivity index is 2.25. The summed E-state index contributed by atoms with van der Waals surface area (Å²) in [6.07, 6.45) is 0.761. The van der Waals surface area contributed by atoms with Crippen LogP contribution >= 0.6 is 11.3 Å². The van der Waals surface area contributed by atoms with Gasteiger partial charge in [-0.2, -0.15) is 11.3 Å². The molecule has 0 fully saturated rings. The van der Waals surface area contributed by atoms with Gasteiger partial charge in [0.05, 0.1) is 14.2 Å². The van der Waals surface area contributed by atoms with E-state index < -0.39 is 0 Å². The van der Waals surface area contributed by atoms with Gasteiger partial charge in [0.25, 0.3) is 0 Å². The van der Waals surface area contributed by atoms with Crippen molar-refractivity contribution in [1.82, 2.24) is 0 Å². The minimum atomic E-state index is 0.0805. The molecule has 2 aromatic rings. The summed E-state index contributed by atoms with van der Waals surface area (Å²) in [5, 5.41) is 4.09. The van der Waals surface area contributed by atoms with Gasteiger partial charge in [-0.15, -0.1) is 0 Å². The highest BCUT2D eigenvalue weighted by Crippen LogP contribution is 2.39. The molecule has 5 heteroatoms. The van der Waals surface area contributed by atoms with E-state index in [-0.39, 0.29) is 6.04 Å². The molecule has 114 valence electrons.